The lowest BCUT2D eigenvalue weighted by Crippen LogP contribution is -2.33. The molecule has 10 heteroatoms. The highest BCUT2D eigenvalue weighted by atomic mass is 19.1. The van der Waals surface area contributed by atoms with Gasteiger partial charge in [0, 0.05) is 43.5 Å². The Hall–Kier alpha value is -4.08. The van der Waals surface area contributed by atoms with Gasteiger partial charge in [-0.3, -0.25) is 4.79 Å². The van der Waals surface area contributed by atoms with E-state index in [1.807, 2.05) is 4.90 Å². The normalized spacial score (nSPS) is 19.4. The highest BCUT2D eigenvalue weighted by Crippen LogP contribution is 2.44. The van der Waals surface area contributed by atoms with Crippen LogP contribution in [0.3, 0.4) is 0 Å². The number of amides is 1. The molecule has 2 aromatic heterocycles. The average Bonchev–Trinajstić information content (AvgIpc) is 3.46. The minimum Gasteiger partial charge on any atom is -0.421 e. The molecule has 1 spiro atoms. The van der Waals surface area contributed by atoms with Crippen molar-refractivity contribution in [1.29, 1.82) is 0 Å². The number of carbonyl (C=O) groups is 1. The Morgan fingerprint density at radius 2 is 2.03 bits per heavy atom. The zero-order chi connectivity index (χ0) is 24.6. The van der Waals surface area contributed by atoms with Gasteiger partial charge in [0.05, 0.1) is 5.56 Å². The number of ether oxygens (including phenoxy) is 1. The van der Waals surface area contributed by atoms with Gasteiger partial charge in [-0.25, -0.2) is 24.3 Å². The quantitative estimate of drug-likeness (QED) is 0.560. The number of rotatable bonds is 5. The van der Waals surface area contributed by atoms with E-state index in [0.29, 0.717) is 29.2 Å². The van der Waals surface area contributed by atoms with Crippen molar-refractivity contribution in [1.82, 2.24) is 24.8 Å². The van der Waals surface area contributed by atoms with Crippen LogP contribution in [-0.4, -0.2) is 56.9 Å². The van der Waals surface area contributed by atoms with Gasteiger partial charge in [-0.2, -0.15) is 0 Å². The number of carbonyl (C=O) groups excluding carboxylic acids is 1. The van der Waals surface area contributed by atoms with E-state index in [9.17, 15) is 4.79 Å². The Kier molecular flexibility index (Phi) is 5.80. The topological polar surface area (TPSA) is 110 Å². The Morgan fingerprint density at radius 3 is 2.80 bits per heavy atom. The monoisotopic (exact) mass is 475 g/mol. The van der Waals surface area contributed by atoms with Crippen molar-refractivity contribution in [2.75, 3.05) is 36.8 Å². The standard InChI is InChI=1S/C25H26FN7O2/c1-3-20(34)32-10-7-25(13-32)8-11-33(14-25)23-21(22(27)29-15-30-23)17-4-5-19(18(26)12-17)35-24-28-9-6-16(2)31-24/h3-6,9,12,15H,1,7-8,10-11,13-14H2,2H3,(H2,27,29,30). The molecule has 1 atom stereocenters. The molecular formula is C25H26FN7O2. The van der Waals surface area contributed by atoms with Crippen molar-refractivity contribution in [3.8, 4) is 22.9 Å². The van der Waals surface area contributed by atoms with Gasteiger partial charge in [-0.1, -0.05) is 12.6 Å². The summed E-state index contributed by atoms with van der Waals surface area (Å²) < 4.78 is 20.6. The Morgan fingerprint density at radius 1 is 1.20 bits per heavy atom. The molecule has 1 unspecified atom stereocenters. The molecule has 5 rings (SSSR count). The van der Waals surface area contributed by atoms with Gasteiger partial charge >= 0.3 is 6.01 Å². The van der Waals surface area contributed by atoms with Crippen LogP contribution in [0.5, 0.6) is 11.8 Å². The van der Waals surface area contributed by atoms with Crippen molar-refractivity contribution in [2.45, 2.75) is 19.8 Å². The van der Waals surface area contributed by atoms with Crippen LogP contribution in [0.25, 0.3) is 11.1 Å². The molecule has 2 aliphatic rings. The maximum Gasteiger partial charge on any atom is 0.322 e. The molecule has 2 saturated heterocycles. The molecule has 0 radical (unpaired) electrons. The van der Waals surface area contributed by atoms with Crippen LogP contribution in [0.4, 0.5) is 16.0 Å². The fraction of sp³-hybridized carbons (Fsp3) is 0.320. The van der Waals surface area contributed by atoms with Gasteiger partial charge in [-0.15, -0.1) is 0 Å². The molecule has 0 aliphatic carbocycles. The van der Waals surface area contributed by atoms with E-state index < -0.39 is 5.82 Å². The highest BCUT2D eigenvalue weighted by molar-refractivity contribution is 5.87. The summed E-state index contributed by atoms with van der Waals surface area (Å²) in [7, 11) is 0. The molecular weight excluding hydrogens is 449 g/mol. The van der Waals surface area contributed by atoms with Crippen molar-refractivity contribution in [2.24, 2.45) is 5.41 Å². The zero-order valence-corrected chi connectivity index (χ0v) is 19.4. The van der Waals surface area contributed by atoms with Crippen molar-refractivity contribution in [3.05, 3.63) is 61.0 Å². The first-order valence-electron chi connectivity index (χ1n) is 11.4. The van der Waals surface area contributed by atoms with Crippen LogP contribution in [-0.2, 0) is 4.79 Å². The van der Waals surface area contributed by atoms with E-state index in [2.05, 4.69) is 31.4 Å². The zero-order valence-electron chi connectivity index (χ0n) is 19.4. The fourth-order valence-electron chi connectivity index (χ4n) is 4.92. The Bertz CT molecular complexity index is 1300. The number of nitrogen functional groups attached to an aromatic ring is 1. The number of benzene rings is 1. The number of likely N-dealkylation sites (tertiary alicyclic amines) is 1. The lowest BCUT2D eigenvalue weighted by Gasteiger charge is -2.26. The predicted octanol–water partition coefficient (Wildman–Crippen LogP) is 3.37. The van der Waals surface area contributed by atoms with E-state index in [4.69, 9.17) is 10.5 Å². The predicted molar refractivity (Wildman–Crippen MR) is 129 cm³/mol. The summed E-state index contributed by atoms with van der Waals surface area (Å²) in [5.74, 6) is 0.309. The second kappa shape index (κ2) is 8.94. The third kappa shape index (κ3) is 4.39. The summed E-state index contributed by atoms with van der Waals surface area (Å²) in [4.78, 5) is 32.9. The van der Waals surface area contributed by atoms with Crippen LogP contribution in [0.2, 0.25) is 0 Å². The lowest BCUT2D eigenvalue weighted by molar-refractivity contribution is -0.125. The third-order valence-electron chi connectivity index (χ3n) is 6.71. The number of nitrogens with zero attached hydrogens (tertiary/aromatic N) is 6. The molecule has 4 heterocycles. The van der Waals surface area contributed by atoms with Crippen LogP contribution < -0.4 is 15.4 Å². The van der Waals surface area contributed by atoms with Gasteiger partial charge in [0.2, 0.25) is 5.91 Å². The summed E-state index contributed by atoms with van der Waals surface area (Å²) >= 11 is 0. The van der Waals surface area contributed by atoms with Crippen molar-refractivity contribution < 1.29 is 13.9 Å². The number of halogens is 1. The van der Waals surface area contributed by atoms with Crippen LogP contribution in [0.15, 0.2) is 49.4 Å². The van der Waals surface area contributed by atoms with Crippen molar-refractivity contribution in [3.63, 3.8) is 0 Å². The van der Waals surface area contributed by atoms with Crippen LogP contribution >= 0.6 is 0 Å². The minimum absolute atomic E-state index is 0.00753. The highest BCUT2D eigenvalue weighted by Gasteiger charge is 2.45. The second-order valence-corrected chi connectivity index (χ2v) is 9.07. The van der Waals surface area contributed by atoms with Gasteiger partial charge in [0.15, 0.2) is 11.6 Å². The smallest absolute Gasteiger partial charge is 0.322 e. The Balaban J connectivity index is 1.41. The van der Waals surface area contributed by atoms with E-state index >= 15 is 4.39 Å². The molecule has 1 amide bonds. The summed E-state index contributed by atoms with van der Waals surface area (Å²) in [6.45, 7) is 8.29. The fourth-order valence-corrected chi connectivity index (χ4v) is 4.92. The second-order valence-electron chi connectivity index (χ2n) is 9.07. The summed E-state index contributed by atoms with van der Waals surface area (Å²) in [5.41, 5.74) is 8.08. The van der Waals surface area contributed by atoms with Gasteiger partial charge in [-0.05, 0) is 49.6 Å². The minimum atomic E-state index is -0.575. The molecule has 3 aromatic rings. The SMILES string of the molecule is C=CC(=O)N1CCC2(CCN(c3ncnc(N)c3-c3ccc(Oc4nccc(C)n4)c(F)c3)C2)C1. The maximum atomic E-state index is 15.0. The molecule has 0 bridgehead atoms. The number of nitrogens with two attached hydrogens (primary N) is 1. The van der Waals surface area contributed by atoms with E-state index in [1.54, 1.807) is 25.3 Å². The molecule has 0 saturated carbocycles. The molecule has 2 fully saturated rings. The molecule has 1 aromatic carbocycles. The maximum absolute atomic E-state index is 15.0. The number of hydrogen-bond donors (Lipinski definition) is 1. The van der Waals surface area contributed by atoms with E-state index in [-0.39, 0.29) is 28.9 Å². The molecule has 2 N–H and O–H groups in total. The van der Waals surface area contributed by atoms with Crippen molar-refractivity contribution >= 4 is 17.5 Å². The van der Waals surface area contributed by atoms with Crippen LogP contribution in [0.1, 0.15) is 18.5 Å². The van der Waals surface area contributed by atoms with E-state index in [0.717, 1.165) is 32.5 Å². The lowest BCUT2D eigenvalue weighted by atomic mass is 9.86. The number of hydrogen-bond acceptors (Lipinski definition) is 8. The summed E-state index contributed by atoms with van der Waals surface area (Å²) in [6.07, 6.45) is 6.18. The largest absolute Gasteiger partial charge is 0.421 e. The average molecular weight is 476 g/mol. The Labute approximate surface area is 202 Å². The van der Waals surface area contributed by atoms with Crippen LogP contribution in [0, 0.1) is 18.2 Å². The first-order chi connectivity index (χ1) is 16.9. The molecule has 9 nitrogen and oxygen atoms in total. The molecule has 180 valence electrons. The summed E-state index contributed by atoms with van der Waals surface area (Å²) in [6, 6.07) is 6.40. The third-order valence-corrected chi connectivity index (χ3v) is 6.71. The molecule has 35 heavy (non-hydrogen) atoms. The number of anilines is 2. The van der Waals surface area contributed by atoms with Gasteiger partial charge < -0.3 is 20.3 Å². The first kappa shape index (κ1) is 22.7. The molecule has 2 aliphatic heterocycles. The number of aryl methyl sites for hydroxylation is 1. The number of aromatic nitrogens is 4. The van der Waals surface area contributed by atoms with Gasteiger partial charge in [0.25, 0.3) is 0 Å². The van der Waals surface area contributed by atoms with Gasteiger partial charge in [0.1, 0.15) is 18.0 Å². The van der Waals surface area contributed by atoms with E-state index in [1.165, 1.54) is 24.5 Å². The first-order valence-corrected chi connectivity index (χ1v) is 11.4. The summed E-state index contributed by atoms with van der Waals surface area (Å²) in [5, 5.41) is 0.